The number of nitrogens with zero attached hydrogens (tertiary/aromatic N) is 1. The van der Waals surface area contributed by atoms with Crippen LogP contribution in [0.4, 0.5) is 0 Å². The average Bonchev–Trinajstić information content (AvgIpc) is 2.99. The topological polar surface area (TPSA) is 20.3 Å². The van der Waals surface area contributed by atoms with Gasteiger partial charge in [0.15, 0.2) is 0 Å². The minimum Gasteiger partial charge on any atom is -0.330 e. The zero-order valence-corrected chi connectivity index (χ0v) is 14.2. The largest absolute Gasteiger partial charge is 0.330 e. The third kappa shape index (κ3) is 1.80. The van der Waals surface area contributed by atoms with Crippen LogP contribution in [-0.2, 0) is 23.2 Å². The molecule has 2 aromatic carbocycles. The number of carbonyl (C=O) groups excluding carboxylic acids is 1. The van der Waals surface area contributed by atoms with Crippen molar-refractivity contribution in [1.29, 1.82) is 0 Å². The Morgan fingerprint density at radius 1 is 1.04 bits per heavy atom. The molecule has 2 heteroatoms. The first kappa shape index (κ1) is 14.3. The highest BCUT2D eigenvalue weighted by atomic mass is 16.2. The van der Waals surface area contributed by atoms with E-state index in [1.807, 2.05) is 0 Å². The highest BCUT2D eigenvalue weighted by Gasteiger charge is 2.53. The number of benzene rings is 2. The molecule has 122 valence electrons. The summed E-state index contributed by atoms with van der Waals surface area (Å²) in [7, 11) is 0. The molecule has 0 aromatic heterocycles. The molecule has 5 rings (SSSR count). The number of rotatable bonds is 0. The fraction of sp³-hybridized carbons (Fsp3) is 0.409. The summed E-state index contributed by atoms with van der Waals surface area (Å²) < 4.78 is 0. The van der Waals surface area contributed by atoms with Crippen LogP contribution >= 0.6 is 0 Å². The Hall–Kier alpha value is -2.09. The summed E-state index contributed by atoms with van der Waals surface area (Å²) in [6.07, 6.45) is 5.30. The van der Waals surface area contributed by atoms with Gasteiger partial charge >= 0.3 is 0 Å². The maximum Gasteiger partial charge on any atom is 0.223 e. The van der Waals surface area contributed by atoms with E-state index in [-0.39, 0.29) is 11.5 Å². The van der Waals surface area contributed by atoms with E-state index in [1.54, 1.807) is 0 Å². The second kappa shape index (κ2) is 4.95. The summed E-state index contributed by atoms with van der Waals surface area (Å²) in [4.78, 5) is 14.9. The Bertz CT molecular complexity index is 840. The highest BCUT2D eigenvalue weighted by Crippen LogP contribution is 2.57. The molecule has 2 aromatic rings. The Balaban J connectivity index is 1.74. The second-order valence-electron chi connectivity index (χ2n) is 7.79. The first-order valence-corrected chi connectivity index (χ1v) is 9.16. The predicted molar refractivity (Wildman–Crippen MR) is 94.8 cm³/mol. The summed E-state index contributed by atoms with van der Waals surface area (Å²) in [6.45, 7) is 2.96. The van der Waals surface area contributed by atoms with Gasteiger partial charge in [-0.3, -0.25) is 4.79 Å². The molecule has 1 fully saturated rings. The van der Waals surface area contributed by atoms with Crippen molar-refractivity contribution in [3.05, 3.63) is 70.3 Å². The van der Waals surface area contributed by atoms with Crippen LogP contribution in [0.15, 0.2) is 42.5 Å². The molecule has 1 aliphatic carbocycles. The molecule has 0 saturated carbocycles. The van der Waals surface area contributed by atoms with Gasteiger partial charge in [-0.25, -0.2) is 0 Å². The van der Waals surface area contributed by atoms with E-state index in [0.717, 1.165) is 13.0 Å². The summed E-state index contributed by atoms with van der Waals surface area (Å²) in [5.41, 5.74) is 7.17. The van der Waals surface area contributed by atoms with Crippen LogP contribution in [0.5, 0.6) is 0 Å². The van der Waals surface area contributed by atoms with Crippen LogP contribution in [-0.4, -0.2) is 10.8 Å². The van der Waals surface area contributed by atoms with E-state index < -0.39 is 0 Å². The normalized spacial score (nSPS) is 27.8. The summed E-state index contributed by atoms with van der Waals surface area (Å²) in [6, 6.07) is 15.9. The first-order valence-electron chi connectivity index (χ1n) is 9.16. The summed E-state index contributed by atoms with van der Waals surface area (Å²) in [5, 5.41) is 0. The molecule has 0 radical (unpaired) electrons. The molecule has 3 aliphatic rings. The van der Waals surface area contributed by atoms with Crippen molar-refractivity contribution in [3.63, 3.8) is 0 Å². The van der Waals surface area contributed by atoms with Crippen molar-refractivity contribution < 1.29 is 4.79 Å². The highest BCUT2D eigenvalue weighted by molar-refractivity contribution is 5.80. The summed E-state index contributed by atoms with van der Waals surface area (Å²) >= 11 is 0. The van der Waals surface area contributed by atoms with Gasteiger partial charge in [-0.05, 0) is 54.9 Å². The minimum absolute atomic E-state index is 0.113. The van der Waals surface area contributed by atoms with E-state index in [9.17, 15) is 4.79 Å². The Labute approximate surface area is 143 Å². The maximum atomic E-state index is 12.7. The molecule has 0 unspecified atom stereocenters. The van der Waals surface area contributed by atoms with Gasteiger partial charge in [0.25, 0.3) is 0 Å². The van der Waals surface area contributed by atoms with Gasteiger partial charge in [0.2, 0.25) is 5.91 Å². The standard InChI is InChI=1S/C22H23NO/c1-15-8-9-17-14-23-20(24)10-12-22(21(23)18(17)13-15)11-4-6-16-5-2-3-7-19(16)22/h2-3,5,7-9,13,21H,4,6,10-12,14H2,1H3/t21-,22+/m1/s1. The van der Waals surface area contributed by atoms with Crippen LogP contribution < -0.4 is 0 Å². The molecule has 0 bridgehead atoms. The number of piperidine rings is 1. The lowest BCUT2D eigenvalue weighted by Crippen LogP contribution is -2.49. The van der Waals surface area contributed by atoms with Crippen molar-refractivity contribution in [2.75, 3.05) is 0 Å². The zero-order valence-electron chi connectivity index (χ0n) is 14.2. The minimum atomic E-state index is 0.113. The molecule has 2 nitrogen and oxygen atoms in total. The lowest BCUT2D eigenvalue weighted by atomic mass is 9.60. The van der Waals surface area contributed by atoms with Crippen molar-refractivity contribution in [1.82, 2.24) is 4.90 Å². The van der Waals surface area contributed by atoms with Gasteiger partial charge in [0.1, 0.15) is 0 Å². The number of aryl methyl sites for hydroxylation is 2. The van der Waals surface area contributed by atoms with E-state index in [2.05, 4.69) is 54.3 Å². The SMILES string of the molecule is Cc1ccc2c(c1)[C@H]1N(C2)C(=O)CC[C@]12CCCc1ccccc12. The molecule has 24 heavy (non-hydrogen) atoms. The van der Waals surface area contributed by atoms with Crippen LogP contribution in [0.3, 0.4) is 0 Å². The predicted octanol–water partition coefficient (Wildman–Crippen LogP) is 4.45. The molecule has 2 aliphatic heterocycles. The molecule has 1 amide bonds. The van der Waals surface area contributed by atoms with Gasteiger partial charge in [0, 0.05) is 18.4 Å². The third-order valence-corrected chi connectivity index (χ3v) is 6.50. The Morgan fingerprint density at radius 3 is 2.83 bits per heavy atom. The molecular formula is C22H23NO. The Kier molecular flexibility index (Phi) is 2.94. The molecular weight excluding hydrogens is 294 g/mol. The second-order valence-corrected chi connectivity index (χ2v) is 7.79. The lowest BCUT2D eigenvalue weighted by Gasteiger charge is -2.50. The molecule has 0 N–H and O–H groups in total. The van der Waals surface area contributed by atoms with Crippen LogP contribution in [0.25, 0.3) is 0 Å². The van der Waals surface area contributed by atoms with Gasteiger partial charge in [-0.15, -0.1) is 0 Å². The van der Waals surface area contributed by atoms with E-state index in [4.69, 9.17) is 0 Å². The van der Waals surface area contributed by atoms with E-state index in [1.165, 1.54) is 47.1 Å². The number of carbonyl (C=O) groups is 1. The lowest BCUT2D eigenvalue weighted by molar-refractivity contribution is -0.140. The zero-order chi connectivity index (χ0) is 16.3. The van der Waals surface area contributed by atoms with Crippen LogP contribution in [0.2, 0.25) is 0 Å². The number of hydrogen-bond donors (Lipinski definition) is 0. The molecule has 2 heterocycles. The van der Waals surface area contributed by atoms with Gasteiger partial charge in [-0.2, -0.15) is 0 Å². The maximum absolute atomic E-state index is 12.7. The van der Waals surface area contributed by atoms with Crippen molar-refractivity contribution in [2.24, 2.45) is 0 Å². The average molecular weight is 317 g/mol. The smallest absolute Gasteiger partial charge is 0.223 e. The van der Waals surface area contributed by atoms with Gasteiger partial charge in [0.05, 0.1) is 6.04 Å². The Morgan fingerprint density at radius 2 is 1.92 bits per heavy atom. The van der Waals surface area contributed by atoms with Gasteiger partial charge in [-0.1, -0.05) is 48.0 Å². The van der Waals surface area contributed by atoms with Gasteiger partial charge < -0.3 is 4.90 Å². The number of hydrogen-bond acceptors (Lipinski definition) is 1. The molecule has 1 saturated heterocycles. The fourth-order valence-corrected chi connectivity index (χ4v) is 5.49. The monoisotopic (exact) mass is 317 g/mol. The van der Waals surface area contributed by atoms with Crippen molar-refractivity contribution >= 4 is 5.91 Å². The first-order chi connectivity index (χ1) is 11.7. The summed E-state index contributed by atoms with van der Waals surface area (Å²) in [5.74, 6) is 0.336. The third-order valence-electron chi connectivity index (χ3n) is 6.50. The van der Waals surface area contributed by atoms with E-state index >= 15 is 0 Å². The van der Waals surface area contributed by atoms with Crippen molar-refractivity contribution in [3.8, 4) is 0 Å². The fourth-order valence-electron chi connectivity index (χ4n) is 5.49. The molecule has 1 spiro atoms. The van der Waals surface area contributed by atoms with Crippen LogP contribution in [0.1, 0.15) is 59.5 Å². The number of amides is 1. The quantitative estimate of drug-likeness (QED) is 0.703. The molecule has 2 atom stereocenters. The van der Waals surface area contributed by atoms with Crippen LogP contribution in [0, 0.1) is 6.92 Å². The number of fused-ring (bicyclic) bond motifs is 6. The van der Waals surface area contributed by atoms with Crippen molar-refractivity contribution in [2.45, 2.75) is 57.0 Å². The van der Waals surface area contributed by atoms with E-state index in [0.29, 0.717) is 12.3 Å².